The average molecular weight is 422 g/mol. The molecule has 0 unspecified atom stereocenters. The van der Waals surface area contributed by atoms with Crippen LogP contribution in [0.25, 0.3) is 4.13 Å². The molecule has 6 nitrogen and oxygen atoms in total. The summed E-state index contributed by atoms with van der Waals surface area (Å²) in [6, 6.07) is 0. The van der Waals surface area contributed by atoms with Crippen molar-refractivity contribution in [1.29, 1.82) is 0 Å². The molecule has 14 heteroatoms. The highest BCUT2D eigenvalue weighted by Gasteiger charge is 2.46. The van der Waals surface area contributed by atoms with Crippen LogP contribution in [-0.4, -0.2) is 48.5 Å². The number of alkyl halides is 6. The lowest BCUT2D eigenvalue weighted by Crippen LogP contribution is -3.05. The first-order valence-corrected chi connectivity index (χ1v) is 9.63. The fraction of sp³-hybridized carbons (Fsp3) is 0.818. The molecule has 0 bridgehead atoms. The van der Waals surface area contributed by atoms with Gasteiger partial charge in [-0.2, -0.15) is 26.3 Å². The highest BCUT2D eigenvalue weighted by molar-refractivity contribution is 8.13. The van der Waals surface area contributed by atoms with Crippen LogP contribution in [0.2, 0.25) is 0 Å². The van der Waals surface area contributed by atoms with Crippen molar-refractivity contribution in [2.24, 2.45) is 0 Å². The van der Waals surface area contributed by atoms with Crippen LogP contribution < -0.4 is 4.90 Å². The lowest BCUT2D eigenvalue weighted by atomic mass is 10.1. The van der Waals surface area contributed by atoms with E-state index in [0.29, 0.717) is 0 Å². The van der Waals surface area contributed by atoms with Gasteiger partial charge in [-0.05, 0) is 18.9 Å². The third kappa shape index (κ3) is 10.0. The van der Waals surface area contributed by atoms with Gasteiger partial charge in [-0.1, -0.05) is 19.4 Å². The smallest absolute Gasteiger partial charge is 0.421 e. The molecule has 0 aromatic carbocycles. The van der Waals surface area contributed by atoms with Crippen molar-refractivity contribution < 1.29 is 48.1 Å². The molecule has 0 aliphatic rings. The Morgan fingerprint density at radius 2 is 1.20 bits per heavy atom. The second-order valence-electron chi connectivity index (χ2n) is 4.90. The second kappa shape index (κ2) is 9.73. The van der Waals surface area contributed by atoms with E-state index in [-0.39, 0.29) is 0 Å². The van der Waals surface area contributed by atoms with Crippen LogP contribution in [0.5, 0.6) is 0 Å². The SMILES string of the molecule is CCC(=CC[NH+](C)C)CC.O=S(=O)([N-]S(=O)(=O)C(F)(F)F)C(F)(F)F. The predicted octanol–water partition coefficient (Wildman–Crippen LogP) is 1.94. The Bertz CT molecular complexity index is 588. The quantitative estimate of drug-likeness (QED) is 0.524. The second-order valence-corrected chi connectivity index (χ2v) is 8.32. The van der Waals surface area contributed by atoms with Crippen molar-refractivity contribution in [3.63, 3.8) is 0 Å². The maximum Gasteiger partial charge on any atom is 0.480 e. The normalized spacial score (nSPS) is 13.2. The third-order valence-corrected chi connectivity index (χ3v) is 5.23. The molecule has 1 N–H and O–H groups in total. The standard InChI is InChI=1S/C9H19N.C2F6NO4S2/c1-5-9(6-2)7-8-10(3)4;3-1(4,5)14(10,11)9-15(12,13)2(6,7)8/h7H,5-6,8H2,1-4H3;/q;-1/p+1. The summed E-state index contributed by atoms with van der Waals surface area (Å²) < 4.78 is 109. The number of hydrogen-bond acceptors (Lipinski definition) is 4. The Hall–Kier alpha value is -0.860. The lowest BCUT2D eigenvalue weighted by molar-refractivity contribution is -0.851. The summed E-state index contributed by atoms with van der Waals surface area (Å²) in [5.74, 6) is 0. The van der Waals surface area contributed by atoms with Gasteiger partial charge in [0.1, 0.15) is 0 Å². The van der Waals surface area contributed by atoms with E-state index in [4.69, 9.17) is 0 Å². The molecule has 0 atom stereocenters. The van der Waals surface area contributed by atoms with Gasteiger partial charge < -0.3 is 9.03 Å². The van der Waals surface area contributed by atoms with Gasteiger partial charge in [0.15, 0.2) is 20.0 Å². The molecule has 25 heavy (non-hydrogen) atoms. The Kier molecular flexibility index (Phi) is 10.3. The molecule has 0 aromatic rings. The summed E-state index contributed by atoms with van der Waals surface area (Å²) in [6.45, 7) is 5.61. The van der Waals surface area contributed by atoms with Gasteiger partial charge in [-0.15, -0.1) is 0 Å². The maximum atomic E-state index is 11.4. The minimum Gasteiger partial charge on any atom is -0.421 e. The Morgan fingerprint density at radius 1 is 0.880 bits per heavy atom. The molecule has 0 heterocycles. The minimum absolute atomic E-state index is 0.778. The first-order valence-electron chi connectivity index (χ1n) is 6.75. The number of quaternary nitrogens is 1. The van der Waals surface area contributed by atoms with Crippen molar-refractivity contribution in [1.82, 2.24) is 0 Å². The van der Waals surface area contributed by atoms with Crippen LogP contribution in [0.1, 0.15) is 26.7 Å². The summed E-state index contributed by atoms with van der Waals surface area (Å²) >= 11 is 0. The molecule has 0 saturated heterocycles. The topological polar surface area (TPSA) is 86.8 Å². The zero-order valence-corrected chi connectivity index (χ0v) is 15.5. The van der Waals surface area contributed by atoms with Gasteiger partial charge in [-0.25, -0.2) is 16.8 Å². The molecule has 0 spiro atoms. The molecular formula is C11H20F6N2O4S2. The van der Waals surface area contributed by atoms with E-state index in [0.717, 1.165) is 10.7 Å². The van der Waals surface area contributed by atoms with Crippen LogP contribution in [0.15, 0.2) is 11.6 Å². The van der Waals surface area contributed by atoms with Crippen molar-refractivity contribution >= 4 is 20.0 Å². The average Bonchev–Trinajstić information content (AvgIpc) is 2.36. The van der Waals surface area contributed by atoms with Crippen LogP contribution in [0, 0.1) is 0 Å². The van der Waals surface area contributed by atoms with Gasteiger partial charge in [0.25, 0.3) is 0 Å². The largest absolute Gasteiger partial charge is 0.480 e. The Balaban J connectivity index is 0. The molecule has 0 amide bonds. The lowest BCUT2D eigenvalue weighted by Gasteiger charge is -2.22. The van der Waals surface area contributed by atoms with E-state index in [1.165, 1.54) is 17.7 Å². The van der Waals surface area contributed by atoms with Crippen molar-refractivity contribution in [3.05, 3.63) is 15.8 Å². The monoisotopic (exact) mass is 422 g/mol. The van der Waals surface area contributed by atoms with Gasteiger partial charge in [0, 0.05) is 0 Å². The number of sulfonamides is 2. The molecule has 152 valence electrons. The number of allylic oxidation sites excluding steroid dienone is 1. The van der Waals surface area contributed by atoms with E-state index in [9.17, 15) is 43.2 Å². The minimum atomic E-state index is -6.72. The van der Waals surface area contributed by atoms with Gasteiger partial charge in [0.2, 0.25) is 0 Å². The summed E-state index contributed by atoms with van der Waals surface area (Å²) in [5, 5.41) is 0. The molecule has 0 fully saturated rings. The highest BCUT2D eigenvalue weighted by Crippen LogP contribution is 2.36. The fourth-order valence-corrected chi connectivity index (χ4v) is 2.81. The highest BCUT2D eigenvalue weighted by atomic mass is 32.3. The first-order chi connectivity index (χ1) is 10.9. The van der Waals surface area contributed by atoms with Crippen LogP contribution >= 0.6 is 0 Å². The molecule has 0 saturated carbocycles. The number of hydrogen-bond donors (Lipinski definition) is 1. The van der Waals surface area contributed by atoms with Crippen molar-refractivity contribution in [2.45, 2.75) is 37.7 Å². The summed E-state index contributed by atoms with van der Waals surface area (Å²) in [6.07, 6.45) is 4.78. The number of likely N-dealkylation sites (N-methyl/N-ethyl adjacent to an activating group) is 1. The molecule has 0 aliphatic carbocycles. The van der Waals surface area contributed by atoms with E-state index < -0.39 is 31.1 Å². The zero-order valence-electron chi connectivity index (χ0n) is 13.9. The molecule has 0 aliphatic heterocycles. The van der Waals surface area contributed by atoms with Crippen molar-refractivity contribution in [3.8, 4) is 0 Å². The van der Waals surface area contributed by atoms with Crippen LogP contribution in [0.4, 0.5) is 26.3 Å². The maximum absolute atomic E-state index is 11.4. The Morgan fingerprint density at radius 3 is 1.40 bits per heavy atom. The Labute approximate surface area is 143 Å². The van der Waals surface area contributed by atoms with E-state index in [1.807, 2.05) is 0 Å². The zero-order chi connectivity index (χ0) is 20.7. The van der Waals surface area contributed by atoms with Crippen molar-refractivity contribution in [2.75, 3.05) is 20.6 Å². The van der Waals surface area contributed by atoms with Gasteiger partial charge in [0.05, 0.1) is 20.6 Å². The van der Waals surface area contributed by atoms with Crippen LogP contribution in [-0.2, 0) is 20.0 Å². The summed E-state index contributed by atoms with van der Waals surface area (Å²) in [5.41, 5.74) is -10.8. The summed E-state index contributed by atoms with van der Waals surface area (Å²) in [7, 11) is -9.08. The van der Waals surface area contributed by atoms with Gasteiger partial charge in [-0.3, -0.25) is 0 Å². The fourth-order valence-electron chi connectivity index (χ4n) is 1.10. The van der Waals surface area contributed by atoms with Gasteiger partial charge >= 0.3 is 11.0 Å². The third-order valence-electron chi connectivity index (χ3n) is 2.49. The van der Waals surface area contributed by atoms with E-state index in [1.54, 1.807) is 5.57 Å². The molecule has 0 radical (unpaired) electrons. The molecule has 0 rings (SSSR count). The number of halogens is 6. The summed E-state index contributed by atoms with van der Waals surface area (Å²) in [4.78, 5) is 1.50. The molecule has 0 aromatic heterocycles. The predicted molar refractivity (Wildman–Crippen MR) is 79.7 cm³/mol. The molecular weight excluding hydrogens is 402 g/mol. The number of nitrogens with one attached hydrogen (secondary N) is 1. The number of nitrogens with zero attached hydrogens (tertiary/aromatic N) is 1. The van der Waals surface area contributed by atoms with Crippen LogP contribution in [0.3, 0.4) is 0 Å². The van der Waals surface area contributed by atoms with E-state index in [2.05, 4.69) is 34.0 Å². The number of rotatable bonds is 6. The van der Waals surface area contributed by atoms with E-state index >= 15 is 0 Å². The first kappa shape index (κ1) is 26.4.